The second-order valence-electron chi connectivity index (χ2n) is 7.81. The Balaban J connectivity index is 1.43. The Kier molecular flexibility index (Phi) is 6.78. The molecule has 3 aromatic carbocycles. The third-order valence-electron chi connectivity index (χ3n) is 5.44. The highest BCUT2D eigenvalue weighted by Gasteiger charge is 2.15. The van der Waals surface area contributed by atoms with Gasteiger partial charge in [0.2, 0.25) is 5.91 Å². The van der Waals surface area contributed by atoms with Crippen LogP contribution in [-0.4, -0.2) is 27.9 Å². The van der Waals surface area contributed by atoms with Crippen molar-refractivity contribution in [2.75, 3.05) is 11.9 Å². The second-order valence-corrected chi connectivity index (χ2v) is 7.81. The minimum absolute atomic E-state index is 0.0136. The van der Waals surface area contributed by atoms with Crippen LogP contribution in [0.1, 0.15) is 28.2 Å². The fraction of sp³-hybridized carbons (Fsp3) is 0.192. The van der Waals surface area contributed by atoms with Crippen molar-refractivity contribution in [3.63, 3.8) is 0 Å². The van der Waals surface area contributed by atoms with Gasteiger partial charge in [0.1, 0.15) is 18.2 Å². The van der Waals surface area contributed by atoms with Gasteiger partial charge in [0.25, 0.3) is 5.91 Å². The summed E-state index contributed by atoms with van der Waals surface area (Å²) >= 11 is 0. The van der Waals surface area contributed by atoms with Crippen LogP contribution >= 0.6 is 0 Å². The number of imidazole rings is 1. The number of aryl methyl sites for hydroxylation is 2. The maximum absolute atomic E-state index is 13.9. The lowest BCUT2D eigenvalue weighted by Gasteiger charge is -2.11. The predicted octanol–water partition coefficient (Wildman–Crippen LogP) is 4.49. The van der Waals surface area contributed by atoms with Crippen molar-refractivity contribution >= 4 is 28.5 Å². The zero-order valence-corrected chi connectivity index (χ0v) is 18.3. The van der Waals surface area contributed by atoms with Gasteiger partial charge >= 0.3 is 0 Å². The van der Waals surface area contributed by atoms with Crippen LogP contribution in [0.3, 0.4) is 0 Å². The van der Waals surface area contributed by atoms with E-state index in [2.05, 4.69) is 15.6 Å². The summed E-state index contributed by atoms with van der Waals surface area (Å²) in [6, 6.07) is 21.1. The average Bonchev–Trinajstić information content (AvgIpc) is 3.15. The van der Waals surface area contributed by atoms with E-state index < -0.39 is 5.82 Å². The minimum atomic E-state index is -0.481. The number of carbonyl (C=O) groups excluding carboxylic acids is 2. The minimum Gasteiger partial charge on any atom is -0.352 e. The van der Waals surface area contributed by atoms with Crippen LogP contribution in [0, 0.1) is 12.7 Å². The summed E-state index contributed by atoms with van der Waals surface area (Å²) in [5.74, 6) is -0.181. The molecule has 0 aliphatic heterocycles. The van der Waals surface area contributed by atoms with Gasteiger partial charge in [0.15, 0.2) is 0 Å². The van der Waals surface area contributed by atoms with E-state index in [9.17, 15) is 14.0 Å². The van der Waals surface area contributed by atoms with E-state index >= 15 is 0 Å². The predicted molar refractivity (Wildman–Crippen MR) is 127 cm³/mol. The Morgan fingerprint density at radius 3 is 2.52 bits per heavy atom. The number of hydrogen-bond acceptors (Lipinski definition) is 3. The number of anilines is 1. The number of para-hydroxylation sites is 3. The molecule has 168 valence electrons. The first-order valence-corrected chi connectivity index (χ1v) is 10.9. The summed E-state index contributed by atoms with van der Waals surface area (Å²) < 4.78 is 15.8. The van der Waals surface area contributed by atoms with Gasteiger partial charge in [0, 0.05) is 18.5 Å². The summed E-state index contributed by atoms with van der Waals surface area (Å²) in [7, 11) is 0. The molecule has 0 bridgehead atoms. The van der Waals surface area contributed by atoms with Gasteiger partial charge in [0.05, 0.1) is 16.7 Å². The van der Waals surface area contributed by atoms with Gasteiger partial charge < -0.3 is 15.2 Å². The normalized spacial score (nSPS) is 10.8. The standard InChI is InChI=1S/C26H25FN4O2/c1-18-9-2-3-10-19(18)26(33)28-16-8-15-24-29-22-13-6-7-14-23(22)31(24)17-25(32)30-21-12-5-4-11-20(21)27/h2-7,9-14H,8,15-17H2,1H3,(H,28,33)(H,30,32). The molecule has 2 amide bonds. The zero-order valence-electron chi connectivity index (χ0n) is 18.3. The molecule has 0 aliphatic rings. The Bertz CT molecular complexity index is 1300. The van der Waals surface area contributed by atoms with Crippen molar-refractivity contribution in [2.45, 2.75) is 26.3 Å². The molecule has 7 heteroatoms. The Hall–Kier alpha value is -4.00. The lowest BCUT2D eigenvalue weighted by atomic mass is 10.1. The molecule has 1 aromatic heterocycles. The van der Waals surface area contributed by atoms with Crippen LogP contribution in [0.15, 0.2) is 72.8 Å². The fourth-order valence-electron chi connectivity index (χ4n) is 3.76. The summed E-state index contributed by atoms with van der Waals surface area (Å²) in [4.78, 5) is 29.7. The van der Waals surface area contributed by atoms with E-state index in [1.807, 2.05) is 54.0 Å². The average molecular weight is 445 g/mol. The topological polar surface area (TPSA) is 76.0 Å². The van der Waals surface area contributed by atoms with Gasteiger partial charge in [-0.05, 0) is 49.2 Å². The molecule has 0 radical (unpaired) electrons. The van der Waals surface area contributed by atoms with Gasteiger partial charge in [-0.2, -0.15) is 0 Å². The number of rotatable bonds is 8. The fourth-order valence-corrected chi connectivity index (χ4v) is 3.76. The van der Waals surface area contributed by atoms with Crippen molar-refractivity contribution in [1.82, 2.24) is 14.9 Å². The number of hydrogen-bond donors (Lipinski definition) is 2. The van der Waals surface area contributed by atoms with Crippen LogP contribution in [0.4, 0.5) is 10.1 Å². The molecule has 0 unspecified atom stereocenters. The zero-order chi connectivity index (χ0) is 23.2. The van der Waals surface area contributed by atoms with Crippen molar-refractivity contribution < 1.29 is 14.0 Å². The van der Waals surface area contributed by atoms with Crippen LogP contribution < -0.4 is 10.6 Å². The number of carbonyl (C=O) groups is 2. The Morgan fingerprint density at radius 2 is 1.70 bits per heavy atom. The van der Waals surface area contributed by atoms with Gasteiger partial charge in [-0.1, -0.05) is 42.5 Å². The molecule has 0 aliphatic carbocycles. The Labute approximate surface area is 191 Å². The number of fused-ring (bicyclic) bond motifs is 1. The van der Waals surface area contributed by atoms with Crippen LogP contribution in [0.2, 0.25) is 0 Å². The summed E-state index contributed by atoms with van der Waals surface area (Å²) in [6.07, 6.45) is 1.24. The van der Waals surface area contributed by atoms with E-state index in [0.717, 1.165) is 22.4 Å². The van der Waals surface area contributed by atoms with Crippen molar-refractivity contribution in [3.05, 3.63) is 95.6 Å². The molecule has 4 aromatic rings. The summed E-state index contributed by atoms with van der Waals surface area (Å²) in [5.41, 5.74) is 3.36. The van der Waals surface area contributed by atoms with Crippen LogP contribution in [0.5, 0.6) is 0 Å². The second kappa shape index (κ2) is 10.1. The first-order valence-electron chi connectivity index (χ1n) is 10.9. The summed E-state index contributed by atoms with van der Waals surface area (Å²) in [6.45, 7) is 2.40. The molecule has 0 atom stereocenters. The number of amides is 2. The number of nitrogens with one attached hydrogen (secondary N) is 2. The highest BCUT2D eigenvalue weighted by Crippen LogP contribution is 2.18. The van der Waals surface area contributed by atoms with E-state index in [1.165, 1.54) is 12.1 Å². The highest BCUT2D eigenvalue weighted by molar-refractivity contribution is 5.95. The first kappa shape index (κ1) is 22.2. The molecular formula is C26H25FN4O2. The monoisotopic (exact) mass is 444 g/mol. The third kappa shape index (κ3) is 5.26. The number of benzene rings is 3. The number of aromatic nitrogens is 2. The molecule has 2 N–H and O–H groups in total. The molecule has 0 saturated carbocycles. The lowest BCUT2D eigenvalue weighted by Crippen LogP contribution is -2.26. The summed E-state index contributed by atoms with van der Waals surface area (Å²) in [5, 5.41) is 5.57. The maximum atomic E-state index is 13.9. The van der Waals surface area contributed by atoms with Crippen molar-refractivity contribution in [1.29, 1.82) is 0 Å². The maximum Gasteiger partial charge on any atom is 0.251 e. The quantitative estimate of drug-likeness (QED) is 0.393. The molecule has 0 fully saturated rings. The molecule has 4 rings (SSSR count). The van der Waals surface area contributed by atoms with E-state index in [1.54, 1.807) is 18.2 Å². The first-order chi connectivity index (χ1) is 16.0. The molecule has 1 heterocycles. The molecule has 33 heavy (non-hydrogen) atoms. The number of halogens is 1. The molecule has 0 spiro atoms. The largest absolute Gasteiger partial charge is 0.352 e. The molecular weight excluding hydrogens is 419 g/mol. The molecule has 6 nitrogen and oxygen atoms in total. The highest BCUT2D eigenvalue weighted by atomic mass is 19.1. The van der Waals surface area contributed by atoms with Gasteiger partial charge in [-0.3, -0.25) is 9.59 Å². The lowest BCUT2D eigenvalue weighted by molar-refractivity contribution is -0.116. The third-order valence-corrected chi connectivity index (χ3v) is 5.44. The Morgan fingerprint density at radius 1 is 0.970 bits per heavy atom. The van der Waals surface area contributed by atoms with E-state index in [0.29, 0.717) is 24.9 Å². The van der Waals surface area contributed by atoms with Crippen molar-refractivity contribution in [2.24, 2.45) is 0 Å². The smallest absolute Gasteiger partial charge is 0.251 e. The van der Waals surface area contributed by atoms with Gasteiger partial charge in [-0.15, -0.1) is 0 Å². The van der Waals surface area contributed by atoms with Crippen LogP contribution in [0.25, 0.3) is 11.0 Å². The number of nitrogens with zero attached hydrogens (tertiary/aromatic N) is 2. The SMILES string of the molecule is Cc1ccccc1C(=O)NCCCc1nc2ccccc2n1CC(=O)Nc1ccccc1F. The van der Waals surface area contributed by atoms with E-state index in [4.69, 9.17) is 0 Å². The van der Waals surface area contributed by atoms with Crippen molar-refractivity contribution in [3.8, 4) is 0 Å². The molecule has 0 saturated heterocycles. The van der Waals surface area contributed by atoms with E-state index in [-0.39, 0.29) is 24.0 Å². The van der Waals surface area contributed by atoms with Crippen LogP contribution in [-0.2, 0) is 17.8 Å². The van der Waals surface area contributed by atoms with Gasteiger partial charge in [-0.25, -0.2) is 9.37 Å².